The van der Waals surface area contributed by atoms with E-state index in [9.17, 15) is 4.39 Å². The van der Waals surface area contributed by atoms with Gasteiger partial charge in [-0.3, -0.25) is 0 Å². The zero-order valence-electron chi connectivity index (χ0n) is 19.5. The maximum atomic E-state index is 15.5. The van der Waals surface area contributed by atoms with Crippen LogP contribution in [0.3, 0.4) is 0 Å². The largest absolute Gasteiger partial charge is 0.494 e. The predicted octanol–water partition coefficient (Wildman–Crippen LogP) is 8.82. The summed E-state index contributed by atoms with van der Waals surface area (Å²) in [5.74, 6) is 0.0455. The van der Waals surface area contributed by atoms with Crippen molar-refractivity contribution in [1.29, 1.82) is 0 Å². The third kappa shape index (κ3) is 4.02. The molecule has 0 radical (unpaired) electrons. The van der Waals surface area contributed by atoms with Gasteiger partial charge in [-0.1, -0.05) is 82.3 Å². The molecule has 3 heteroatoms. The number of ether oxygens (including phenoxy) is 1. The topological polar surface area (TPSA) is 9.23 Å². The summed E-state index contributed by atoms with van der Waals surface area (Å²) in [4.78, 5) is 0. The van der Waals surface area contributed by atoms with E-state index in [2.05, 4.69) is 26.0 Å². The van der Waals surface area contributed by atoms with Crippen LogP contribution in [0.5, 0.6) is 5.75 Å². The maximum Gasteiger partial charge on any atom is 0.165 e. The standard InChI is InChI=1S/C29H34F2O/c1-4-9-22(5-2)29(16-7-6-8-17-29)23-12-14-25-20(18-23)10-13-24(28(25)31)21-11-15-27(32-3)26(30)19-21/h10-15,18-19,22H,4-9,16-17H2,1-3H3. The van der Waals surface area contributed by atoms with Crippen LogP contribution in [-0.4, -0.2) is 7.11 Å². The third-order valence-corrected chi connectivity index (χ3v) is 7.65. The lowest BCUT2D eigenvalue weighted by Gasteiger charge is -2.44. The fourth-order valence-corrected chi connectivity index (χ4v) is 5.99. The molecular formula is C29H34F2O. The van der Waals surface area contributed by atoms with E-state index < -0.39 is 5.82 Å². The number of methoxy groups -OCH3 is 1. The summed E-state index contributed by atoms with van der Waals surface area (Å²) in [6, 6.07) is 14.7. The van der Waals surface area contributed by atoms with E-state index in [1.165, 1.54) is 70.1 Å². The number of hydrogen-bond donors (Lipinski definition) is 0. The molecule has 1 atom stereocenters. The third-order valence-electron chi connectivity index (χ3n) is 7.65. The Labute approximate surface area is 190 Å². The van der Waals surface area contributed by atoms with Crippen LogP contribution in [-0.2, 0) is 5.41 Å². The molecule has 170 valence electrons. The van der Waals surface area contributed by atoms with Crippen LogP contribution in [0.15, 0.2) is 48.5 Å². The predicted molar refractivity (Wildman–Crippen MR) is 129 cm³/mol. The summed E-state index contributed by atoms with van der Waals surface area (Å²) >= 11 is 0. The molecule has 3 aromatic rings. The summed E-state index contributed by atoms with van der Waals surface area (Å²) in [5, 5.41) is 1.52. The molecule has 0 spiro atoms. The number of rotatable bonds is 7. The molecule has 32 heavy (non-hydrogen) atoms. The maximum absolute atomic E-state index is 15.5. The van der Waals surface area contributed by atoms with Gasteiger partial charge < -0.3 is 4.74 Å². The summed E-state index contributed by atoms with van der Waals surface area (Å²) in [5.41, 5.74) is 2.50. The Morgan fingerprint density at radius 3 is 2.38 bits per heavy atom. The fraction of sp³-hybridized carbons (Fsp3) is 0.448. The van der Waals surface area contributed by atoms with Crippen molar-refractivity contribution in [1.82, 2.24) is 0 Å². The van der Waals surface area contributed by atoms with Crippen molar-refractivity contribution in [2.75, 3.05) is 7.11 Å². The quantitative estimate of drug-likeness (QED) is 0.359. The van der Waals surface area contributed by atoms with Gasteiger partial charge in [-0.2, -0.15) is 0 Å². The highest BCUT2D eigenvalue weighted by Crippen LogP contribution is 2.49. The first-order valence-electron chi connectivity index (χ1n) is 12.1. The van der Waals surface area contributed by atoms with Crippen molar-refractivity contribution >= 4 is 10.8 Å². The van der Waals surface area contributed by atoms with Gasteiger partial charge in [0, 0.05) is 10.9 Å². The van der Waals surface area contributed by atoms with E-state index in [-0.39, 0.29) is 17.0 Å². The molecular weight excluding hydrogens is 402 g/mol. The van der Waals surface area contributed by atoms with Crippen molar-refractivity contribution < 1.29 is 13.5 Å². The normalized spacial score (nSPS) is 16.8. The summed E-state index contributed by atoms with van der Waals surface area (Å²) < 4.78 is 34.7. The van der Waals surface area contributed by atoms with E-state index in [0.29, 0.717) is 22.4 Å². The molecule has 0 aromatic heterocycles. The SMILES string of the molecule is CCCC(CC)C1(c2ccc3c(F)c(-c4ccc(OC)c(F)c4)ccc3c2)CCCCC1. The molecule has 0 N–H and O–H groups in total. The molecule has 3 aromatic carbocycles. The minimum Gasteiger partial charge on any atom is -0.494 e. The Morgan fingerprint density at radius 2 is 1.72 bits per heavy atom. The van der Waals surface area contributed by atoms with Gasteiger partial charge in [-0.05, 0) is 59.2 Å². The zero-order chi connectivity index (χ0) is 22.7. The molecule has 0 aliphatic heterocycles. The van der Waals surface area contributed by atoms with Crippen molar-refractivity contribution in [2.45, 2.75) is 70.6 Å². The second-order valence-corrected chi connectivity index (χ2v) is 9.32. The second kappa shape index (κ2) is 9.60. The van der Waals surface area contributed by atoms with E-state index >= 15 is 4.39 Å². The van der Waals surface area contributed by atoms with Crippen LogP contribution in [0.25, 0.3) is 21.9 Å². The zero-order valence-corrected chi connectivity index (χ0v) is 19.5. The van der Waals surface area contributed by atoms with E-state index in [1.54, 1.807) is 18.2 Å². The lowest BCUT2D eigenvalue weighted by Crippen LogP contribution is -2.37. The monoisotopic (exact) mass is 436 g/mol. The van der Waals surface area contributed by atoms with Crippen molar-refractivity contribution in [3.63, 3.8) is 0 Å². The van der Waals surface area contributed by atoms with Crippen LogP contribution in [0.4, 0.5) is 8.78 Å². The van der Waals surface area contributed by atoms with Gasteiger partial charge >= 0.3 is 0 Å². The van der Waals surface area contributed by atoms with Gasteiger partial charge in [-0.15, -0.1) is 0 Å². The minimum absolute atomic E-state index is 0.162. The molecule has 1 aliphatic rings. The number of fused-ring (bicyclic) bond motifs is 1. The first-order valence-corrected chi connectivity index (χ1v) is 12.1. The molecule has 0 bridgehead atoms. The Balaban J connectivity index is 1.78. The van der Waals surface area contributed by atoms with Crippen molar-refractivity contribution in [3.8, 4) is 16.9 Å². The summed E-state index contributed by atoms with van der Waals surface area (Å²) in [6.07, 6.45) is 9.93. The molecule has 0 amide bonds. The summed E-state index contributed by atoms with van der Waals surface area (Å²) in [7, 11) is 1.43. The van der Waals surface area contributed by atoms with Gasteiger partial charge in [0.1, 0.15) is 5.82 Å². The van der Waals surface area contributed by atoms with Gasteiger partial charge in [0.2, 0.25) is 0 Å². The smallest absolute Gasteiger partial charge is 0.165 e. The van der Waals surface area contributed by atoms with Gasteiger partial charge in [-0.25, -0.2) is 8.78 Å². The van der Waals surface area contributed by atoms with Gasteiger partial charge in [0.15, 0.2) is 11.6 Å². The number of halogens is 2. The van der Waals surface area contributed by atoms with Gasteiger partial charge in [0.25, 0.3) is 0 Å². The molecule has 1 aliphatic carbocycles. The molecule has 0 saturated heterocycles. The van der Waals surface area contributed by atoms with E-state index in [4.69, 9.17) is 4.74 Å². The first-order chi connectivity index (χ1) is 15.5. The van der Waals surface area contributed by atoms with Crippen LogP contribution in [0.1, 0.15) is 70.8 Å². The lowest BCUT2D eigenvalue weighted by atomic mass is 9.60. The van der Waals surface area contributed by atoms with Crippen molar-refractivity contribution in [3.05, 3.63) is 65.7 Å². The number of benzene rings is 3. The Morgan fingerprint density at radius 1 is 0.938 bits per heavy atom. The summed E-state index contributed by atoms with van der Waals surface area (Å²) in [6.45, 7) is 4.59. The molecule has 1 fully saturated rings. The van der Waals surface area contributed by atoms with E-state index in [0.717, 1.165) is 5.39 Å². The molecule has 1 saturated carbocycles. The highest BCUT2D eigenvalue weighted by Gasteiger charge is 2.39. The molecule has 1 unspecified atom stereocenters. The van der Waals surface area contributed by atoms with Gasteiger partial charge in [0.05, 0.1) is 7.11 Å². The number of hydrogen-bond acceptors (Lipinski definition) is 1. The highest BCUT2D eigenvalue weighted by atomic mass is 19.1. The van der Waals surface area contributed by atoms with Crippen LogP contribution >= 0.6 is 0 Å². The average Bonchev–Trinajstić information content (AvgIpc) is 2.83. The second-order valence-electron chi connectivity index (χ2n) is 9.32. The van der Waals surface area contributed by atoms with Crippen LogP contribution in [0.2, 0.25) is 0 Å². The molecule has 1 nitrogen and oxygen atoms in total. The van der Waals surface area contributed by atoms with E-state index in [1.807, 2.05) is 12.1 Å². The average molecular weight is 437 g/mol. The van der Waals surface area contributed by atoms with Crippen LogP contribution < -0.4 is 4.74 Å². The minimum atomic E-state index is -0.486. The Hall–Kier alpha value is -2.42. The fourth-order valence-electron chi connectivity index (χ4n) is 5.99. The van der Waals surface area contributed by atoms with Crippen molar-refractivity contribution in [2.24, 2.45) is 5.92 Å². The first kappa shape index (κ1) is 22.8. The molecule has 0 heterocycles. The van der Waals surface area contributed by atoms with Crippen LogP contribution in [0, 0.1) is 17.6 Å². The lowest BCUT2D eigenvalue weighted by molar-refractivity contribution is 0.174. The molecule has 4 rings (SSSR count). The Bertz CT molecular complexity index is 1080. The highest BCUT2D eigenvalue weighted by molar-refractivity contribution is 5.89. The Kier molecular flexibility index (Phi) is 6.83.